The number of aryl methyl sites for hydroxylation is 2. The Kier molecular flexibility index (Phi) is 5.41. The third kappa shape index (κ3) is 3.64. The molecule has 1 aliphatic rings. The SMILES string of the molecule is Cc1ccc(/C(O)=C2/C(=O)C(=O)N(c3ccc(N(C)C)cc3)C2c2cccs2)cc1C. The van der Waals surface area contributed by atoms with E-state index in [2.05, 4.69) is 0 Å². The molecule has 158 valence electrons. The Labute approximate surface area is 185 Å². The molecule has 1 atom stereocenters. The van der Waals surface area contributed by atoms with Crippen LogP contribution >= 0.6 is 11.3 Å². The minimum atomic E-state index is -0.675. The molecule has 31 heavy (non-hydrogen) atoms. The van der Waals surface area contributed by atoms with E-state index in [0.29, 0.717) is 11.3 Å². The van der Waals surface area contributed by atoms with E-state index in [4.69, 9.17) is 0 Å². The number of thiophene rings is 1. The highest BCUT2D eigenvalue weighted by molar-refractivity contribution is 7.10. The van der Waals surface area contributed by atoms with E-state index in [1.807, 2.05) is 86.8 Å². The molecule has 1 N–H and O–H groups in total. The summed E-state index contributed by atoms with van der Waals surface area (Å²) in [4.78, 5) is 30.5. The van der Waals surface area contributed by atoms with Gasteiger partial charge in [-0.3, -0.25) is 14.5 Å². The van der Waals surface area contributed by atoms with Crippen LogP contribution in [0, 0.1) is 13.8 Å². The topological polar surface area (TPSA) is 60.9 Å². The van der Waals surface area contributed by atoms with E-state index in [-0.39, 0.29) is 11.3 Å². The molecule has 0 aliphatic carbocycles. The van der Waals surface area contributed by atoms with Gasteiger partial charge in [-0.2, -0.15) is 0 Å². The predicted molar refractivity (Wildman–Crippen MR) is 126 cm³/mol. The van der Waals surface area contributed by atoms with Crippen molar-refractivity contribution in [3.8, 4) is 0 Å². The van der Waals surface area contributed by atoms with Crippen LogP contribution in [0.5, 0.6) is 0 Å². The highest BCUT2D eigenvalue weighted by Crippen LogP contribution is 2.43. The fraction of sp³-hybridized carbons (Fsp3) is 0.200. The zero-order valence-electron chi connectivity index (χ0n) is 17.9. The summed E-state index contributed by atoms with van der Waals surface area (Å²) in [7, 11) is 3.88. The van der Waals surface area contributed by atoms with Crippen molar-refractivity contribution in [1.29, 1.82) is 0 Å². The van der Waals surface area contributed by atoms with Gasteiger partial charge in [-0.1, -0.05) is 18.2 Å². The third-order valence-corrected chi connectivity index (χ3v) is 6.61. The van der Waals surface area contributed by atoms with E-state index < -0.39 is 17.7 Å². The summed E-state index contributed by atoms with van der Waals surface area (Å²) in [6.45, 7) is 3.94. The van der Waals surface area contributed by atoms with E-state index >= 15 is 0 Å². The van der Waals surface area contributed by atoms with Gasteiger partial charge < -0.3 is 10.0 Å². The van der Waals surface area contributed by atoms with Crippen molar-refractivity contribution in [3.05, 3.63) is 87.1 Å². The molecule has 6 heteroatoms. The lowest BCUT2D eigenvalue weighted by Crippen LogP contribution is -2.29. The van der Waals surface area contributed by atoms with Crippen LogP contribution in [-0.4, -0.2) is 30.9 Å². The number of aliphatic hydroxyl groups is 1. The van der Waals surface area contributed by atoms with Gasteiger partial charge in [-0.15, -0.1) is 11.3 Å². The third-order valence-electron chi connectivity index (χ3n) is 5.68. The lowest BCUT2D eigenvalue weighted by Gasteiger charge is -2.25. The maximum absolute atomic E-state index is 13.1. The van der Waals surface area contributed by atoms with Crippen molar-refractivity contribution in [2.24, 2.45) is 0 Å². The number of anilines is 2. The number of hydrogen-bond acceptors (Lipinski definition) is 5. The molecule has 0 bridgehead atoms. The maximum atomic E-state index is 13.1. The van der Waals surface area contributed by atoms with E-state index in [0.717, 1.165) is 21.7 Å². The Morgan fingerprint density at radius 3 is 2.29 bits per heavy atom. The van der Waals surface area contributed by atoms with Crippen LogP contribution in [0.25, 0.3) is 5.76 Å². The van der Waals surface area contributed by atoms with Crippen molar-refractivity contribution in [1.82, 2.24) is 0 Å². The van der Waals surface area contributed by atoms with Crippen LogP contribution in [0.4, 0.5) is 11.4 Å². The zero-order chi connectivity index (χ0) is 22.3. The molecule has 0 spiro atoms. The summed E-state index contributed by atoms with van der Waals surface area (Å²) in [6, 6.07) is 16.1. The van der Waals surface area contributed by atoms with Crippen LogP contribution in [0.1, 0.15) is 27.6 Å². The molecule has 1 amide bonds. The summed E-state index contributed by atoms with van der Waals surface area (Å²) in [5, 5.41) is 13.1. The highest BCUT2D eigenvalue weighted by Gasteiger charge is 2.47. The predicted octanol–water partition coefficient (Wildman–Crippen LogP) is 5.06. The van der Waals surface area contributed by atoms with E-state index in [1.165, 1.54) is 16.2 Å². The van der Waals surface area contributed by atoms with Crippen molar-refractivity contribution in [2.75, 3.05) is 23.9 Å². The molecule has 0 saturated carbocycles. The number of carbonyl (C=O) groups is 2. The number of amides is 1. The van der Waals surface area contributed by atoms with Gasteiger partial charge >= 0.3 is 0 Å². The molecule has 1 unspecified atom stereocenters. The summed E-state index contributed by atoms with van der Waals surface area (Å²) >= 11 is 1.45. The first-order valence-corrected chi connectivity index (χ1v) is 10.9. The molecule has 3 aromatic rings. The van der Waals surface area contributed by atoms with E-state index in [9.17, 15) is 14.7 Å². The van der Waals surface area contributed by atoms with Gasteiger partial charge in [0.1, 0.15) is 11.8 Å². The number of nitrogens with zero attached hydrogens (tertiary/aromatic N) is 2. The minimum absolute atomic E-state index is 0.118. The minimum Gasteiger partial charge on any atom is -0.507 e. The molecule has 2 aromatic carbocycles. The molecule has 1 aromatic heterocycles. The summed E-state index contributed by atoms with van der Waals surface area (Å²) in [5.74, 6) is -1.46. The average Bonchev–Trinajstić information content (AvgIpc) is 3.37. The largest absolute Gasteiger partial charge is 0.507 e. The first-order valence-electron chi connectivity index (χ1n) is 9.99. The smallest absolute Gasteiger partial charge is 0.300 e. The number of hydrogen-bond donors (Lipinski definition) is 1. The molecule has 0 radical (unpaired) electrons. The maximum Gasteiger partial charge on any atom is 0.300 e. The van der Waals surface area contributed by atoms with Crippen molar-refractivity contribution in [3.63, 3.8) is 0 Å². The quantitative estimate of drug-likeness (QED) is 0.356. The standard InChI is InChI=1S/C25H24N2O3S/c1-15-7-8-17(14-16(15)2)23(28)21-22(20-6-5-13-31-20)27(25(30)24(21)29)19-11-9-18(10-12-19)26(3)4/h5-14,22,28H,1-4H3/b23-21-. The van der Waals surface area contributed by atoms with Crippen LogP contribution in [0.3, 0.4) is 0 Å². The molecule has 1 saturated heterocycles. The number of rotatable bonds is 4. The highest BCUT2D eigenvalue weighted by atomic mass is 32.1. The molecule has 2 heterocycles. The van der Waals surface area contributed by atoms with Crippen molar-refractivity contribution in [2.45, 2.75) is 19.9 Å². The Bertz CT molecular complexity index is 1180. The second-order valence-corrected chi connectivity index (χ2v) is 8.87. The van der Waals surface area contributed by atoms with Gasteiger partial charge in [-0.05, 0) is 66.8 Å². The molecular formula is C25H24N2O3S. The van der Waals surface area contributed by atoms with Crippen molar-refractivity contribution >= 4 is 40.2 Å². The molecule has 1 fully saturated rings. The number of carbonyl (C=O) groups excluding carboxylic acids is 2. The fourth-order valence-electron chi connectivity index (χ4n) is 3.77. The normalized spacial score (nSPS) is 17.9. The monoisotopic (exact) mass is 432 g/mol. The summed E-state index contributed by atoms with van der Waals surface area (Å²) < 4.78 is 0. The van der Waals surface area contributed by atoms with Crippen LogP contribution in [-0.2, 0) is 9.59 Å². The Balaban J connectivity index is 1.88. The van der Waals surface area contributed by atoms with Crippen molar-refractivity contribution < 1.29 is 14.7 Å². The van der Waals surface area contributed by atoms with Gasteiger partial charge in [0.05, 0.1) is 5.57 Å². The van der Waals surface area contributed by atoms with Crippen LogP contribution in [0.2, 0.25) is 0 Å². The molecular weight excluding hydrogens is 408 g/mol. The first-order chi connectivity index (χ1) is 14.8. The van der Waals surface area contributed by atoms with Crippen LogP contribution in [0.15, 0.2) is 65.6 Å². The van der Waals surface area contributed by atoms with Gasteiger partial charge in [0.25, 0.3) is 11.7 Å². The summed E-state index contributed by atoms with van der Waals surface area (Å²) in [6.07, 6.45) is 0. The fourth-order valence-corrected chi connectivity index (χ4v) is 4.59. The van der Waals surface area contributed by atoms with Crippen LogP contribution < -0.4 is 9.80 Å². The number of aliphatic hydroxyl groups excluding tert-OH is 1. The van der Waals surface area contributed by atoms with Gasteiger partial charge in [0.2, 0.25) is 0 Å². The Morgan fingerprint density at radius 1 is 1.00 bits per heavy atom. The Hall–Kier alpha value is -3.38. The number of ketones is 1. The first kappa shape index (κ1) is 20.9. The van der Waals surface area contributed by atoms with Gasteiger partial charge in [-0.25, -0.2) is 0 Å². The second kappa shape index (κ2) is 8.04. The summed E-state index contributed by atoms with van der Waals surface area (Å²) in [5.41, 5.74) is 4.35. The number of benzene rings is 2. The van der Waals surface area contributed by atoms with E-state index in [1.54, 1.807) is 6.07 Å². The van der Waals surface area contributed by atoms with Gasteiger partial charge in [0, 0.05) is 35.9 Å². The molecule has 4 rings (SSSR count). The zero-order valence-corrected chi connectivity index (χ0v) is 18.7. The average molecular weight is 433 g/mol. The van der Waals surface area contributed by atoms with Gasteiger partial charge in [0.15, 0.2) is 0 Å². The molecule has 1 aliphatic heterocycles. The lowest BCUT2D eigenvalue weighted by molar-refractivity contribution is -0.132. The second-order valence-electron chi connectivity index (χ2n) is 7.89. The molecule has 5 nitrogen and oxygen atoms in total. The Morgan fingerprint density at radius 2 is 1.71 bits per heavy atom. The number of Topliss-reactive ketones (excluding diaryl/α,β-unsaturated/α-hetero) is 1. The lowest BCUT2D eigenvalue weighted by atomic mass is 9.97.